The summed E-state index contributed by atoms with van der Waals surface area (Å²) in [5.74, 6) is 1.94. The van der Waals surface area contributed by atoms with Crippen LogP contribution >= 0.6 is 23.5 Å². The monoisotopic (exact) mass is 352 g/mol. The van der Waals surface area contributed by atoms with E-state index in [-0.39, 0.29) is 17.1 Å². The highest BCUT2D eigenvalue weighted by Crippen LogP contribution is 2.61. The molecular weight excluding hydrogens is 328 g/mol. The molecule has 3 nitrogen and oxygen atoms in total. The summed E-state index contributed by atoms with van der Waals surface area (Å²) in [6, 6.07) is 5.94. The molecule has 0 saturated heterocycles. The molecule has 1 aromatic carbocycles. The maximum Gasteiger partial charge on any atom is 0.166 e. The van der Waals surface area contributed by atoms with Gasteiger partial charge in [0.15, 0.2) is 17.3 Å². The largest absolute Gasteiger partial charge is 0.493 e. The molecule has 1 fully saturated rings. The van der Waals surface area contributed by atoms with Crippen LogP contribution in [0.5, 0.6) is 11.5 Å². The molecule has 2 rings (SSSR count). The lowest BCUT2D eigenvalue weighted by molar-refractivity contribution is -0.120. The van der Waals surface area contributed by atoms with Crippen LogP contribution in [0.1, 0.15) is 31.7 Å². The lowest BCUT2D eigenvalue weighted by atomic mass is 9.93. The quantitative estimate of drug-likeness (QED) is 0.663. The minimum Gasteiger partial charge on any atom is -0.493 e. The Morgan fingerprint density at radius 3 is 2.30 bits per heavy atom. The first-order valence-electron chi connectivity index (χ1n) is 7.48. The molecule has 2 unspecified atom stereocenters. The van der Waals surface area contributed by atoms with Gasteiger partial charge in [0, 0.05) is 15.2 Å². The Hall–Kier alpha value is -1.07. The molecule has 0 spiro atoms. The fourth-order valence-corrected chi connectivity index (χ4v) is 4.55. The van der Waals surface area contributed by atoms with Crippen LogP contribution < -0.4 is 9.47 Å². The minimum atomic E-state index is -0.305. The average molecular weight is 353 g/mol. The molecule has 1 aliphatic carbocycles. The van der Waals surface area contributed by atoms with Gasteiger partial charge in [-0.15, -0.1) is 23.5 Å². The lowest BCUT2D eigenvalue weighted by Gasteiger charge is -2.14. The number of ketones is 1. The highest BCUT2D eigenvalue weighted by Gasteiger charge is 2.56. The van der Waals surface area contributed by atoms with Gasteiger partial charge < -0.3 is 9.47 Å². The van der Waals surface area contributed by atoms with Gasteiger partial charge in [-0.2, -0.15) is 0 Å². The van der Waals surface area contributed by atoms with Gasteiger partial charge in [-0.05, 0) is 49.5 Å². The molecule has 0 heterocycles. The Labute approximate surface area is 147 Å². The maximum absolute atomic E-state index is 12.9. The number of Topliss-reactive ketones (excluding diaryl/α,β-unsaturated/α-hetero) is 1. The molecule has 5 heteroatoms. The summed E-state index contributed by atoms with van der Waals surface area (Å²) in [6.45, 7) is 4.01. The van der Waals surface area contributed by atoms with Crippen molar-refractivity contribution < 1.29 is 14.3 Å². The van der Waals surface area contributed by atoms with Crippen molar-refractivity contribution >= 4 is 29.3 Å². The molecule has 0 aromatic heterocycles. The second kappa shape index (κ2) is 7.22. The molecule has 1 saturated carbocycles. The number of thioether (sulfide) groups is 2. The molecular formula is C18H24O3S2. The van der Waals surface area contributed by atoms with Gasteiger partial charge in [-0.1, -0.05) is 13.0 Å². The fourth-order valence-electron chi connectivity index (χ4n) is 3.08. The number of carbonyl (C=O) groups is 1. The molecule has 0 bridgehead atoms. The van der Waals surface area contributed by atoms with Crippen LogP contribution in [0.3, 0.4) is 0 Å². The lowest BCUT2D eigenvalue weighted by Crippen LogP contribution is -2.16. The van der Waals surface area contributed by atoms with Crippen molar-refractivity contribution in [3.63, 3.8) is 0 Å². The topological polar surface area (TPSA) is 35.5 Å². The van der Waals surface area contributed by atoms with E-state index >= 15 is 0 Å². The second-order valence-corrected chi connectivity index (χ2v) is 7.83. The van der Waals surface area contributed by atoms with E-state index in [0.717, 1.165) is 21.8 Å². The first kappa shape index (κ1) is 18.3. The minimum absolute atomic E-state index is 0.245. The Kier molecular flexibility index (Phi) is 5.74. The summed E-state index contributed by atoms with van der Waals surface area (Å²) in [5, 5.41) is 0. The van der Waals surface area contributed by atoms with Crippen LogP contribution in [0.25, 0.3) is 0 Å². The zero-order valence-corrected chi connectivity index (χ0v) is 16.2. The average Bonchev–Trinajstić information content (AvgIpc) is 3.27. The number of hydrogen-bond donors (Lipinski definition) is 0. The van der Waals surface area contributed by atoms with E-state index in [1.54, 1.807) is 37.7 Å². The standard InChI is InChI=1S/C18H24O3S2/c1-11(17(22-5)23-6)16(19)18(2)10-13(18)12-7-8-14(20-3)15(9-12)21-4/h7-9,13H,10H2,1-6H3. The van der Waals surface area contributed by atoms with Gasteiger partial charge >= 0.3 is 0 Å². The zero-order valence-electron chi connectivity index (χ0n) is 14.6. The normalized spacial score (nSPS) is 22.4. The molecule has 0 radical (unpaired) electrons. The van der Waals surface area contributed by atoms with Gasteiger partial charge in [0.25, 0.3) is 0 Å². The van der Waals surface area contributed by atoms with Gasteiger partial charge in [0.1, 0.15) is 0 Å². The summed E-state index contributed by atoms with van der Waals surface area (Å²) in [6.07, 6.45) is 4.92. The molecule has 23 heavy (non-hydrogen) atoms. The van der Waals surface area contributed by atoms with Crippen LogP contribution in [-0.2, 0) is 4.79 Å². The van der Waals surface area contributed by atoms with Crippen LogP contribution in [0.2, 0.25) is 0 Å². The third kappa shape index (κ3) is 3.41. The number of allylic oxidation sites excluding steroid dienone is 1. The highest BCUT2D eigenvalue weighted by atomic mass is 32.2. The fraction of sp³-hybridized carbons (Fsp3) is 0.500. The Morgan fingerprint density at radius 1 is 1.17 bits per heavy atom. The molecule has 126 valence electrons. The SMILES string of the molecule is COc1ccc(C2CC2(C)C(=O)C(C)=C(SC)SC)cc1OC. The van der Waals surface area contributed by atoms with Gasteiger partial charge in [0.2, 0.25) is 0 Å². The molecule has 2 atom stereocenters. The molecule has 0 N–H and O–H groups in total. The van der Waals surface area contributed by atoms with E-state index in [2.05, 4.69) is 6.92 Å². The maximum atomic E-state index is 12.9. The van der Waals surface area contributed by atoms with E-state index in [1.165, 1.54) is 0 Å². The predicted molar refractivity (Wildman–Crippen MR) is 99.7 cm³/mol. The van der Waals surface area contributed by atoms with Crippen LogP contribution in [-0.4, -0.2) is 32.5 Å². The number of methoxy groups -OCH3 is 2. The van der Waals surface area contributed by atoms with Crippen molar-refractivity contribution in [1.29, 1.82) is 0 Å². The number of hydrogen-bond acceptors (Lipinski definition) is 5. The van der Waals surface area contributed by atoms with Crippen molar-refractivity contribution in [3.05, 3.63) is 33.6 Å². The van der Waals surface area contributed by atoms with E-state index in [9.17, 15) is 4.79 Å². The molecule has 1 aliphatic rings. The predicted octanol–water partition coefficient (Wildman–Crippen LogP) is 4.72. The van der Waals surface area contributed by atoms with E-state index in [1.807, 2.05) is 37.6 Å². The Morgan fingerprint density at radius 2 is 1.78 bits per heavy atom. The van der Waals surface area contributed by atoms with Gasteiger partial charge in [0.05, 0.1) is 14.2 Å². The third-order valence-electron chi connectivity index (χ3n) is 4.58. The first-order chi connectivity index (χ1) is 10.9. The Balaban J connectivity index is 2.26. The van der Waals surface area contributed by atoms with Crippen molar-refractivity contribution in [2.24, 2.45) is 5.41 Å². The van der Waals surface area contributed by atoms with E-state index in [0.29, 0.717) is 11.5 Å². The van der Waals surface area contributed by atoms with Crippen LogP contribution in [0, 0.1) is 5.41 Å². The molecule has 1 aromatic rings. The van der Waals surface area contributed by atoms with Gasteiger partial charge in [-0.25, -0.2) is 0 Å². The number of rotatable bonds is 7. The summed E-state index contributed by atoms with van der Waals surface area (Å²) in [7, 11) is 3.26. The summed E-state index contributed by atoms with van der Waals surface area (Å²) >= 11 is 3.29. The number of carbonyl (C=O) groups excluding carboxylic acids is 1. The summed E-state index contributed by atoms with van der Waals surface area (Å²) < 4.78 is 11.8. The van der Waals surface area contributed by atoms with Crippen LogP contribution in [0.15, 0.2) is 28.0 Å². The molecule has 0 aliphatic heterocycles. The van der Waals surface area contributed by atoms with E-state index < -0.39 is 0 Å². The molecule has 0 amide bonds. The van der Waals surface area contributed by atoms with Crippen molar-refractivity contribution in [2.45, 2.75) is 26.2 Å². The Bertz CT molecular complexity index is 633. The van der Waals surface area contributed by atoms with Crippen molar-refractivity contribution in [3.8, 4) is 11.5 Å². The number of benzene rings is 1. The highest BCUT2D eigenvalue weighted by molar-refractivity contribution is 8.21. The van der Waals surface area contributed by atoms with E-state index in [4.69, 9.17) is 9.47 Å². The van der Waals surface area contributed by atoms with Crippen molar-refractivity contribution in [2.75, 3.05) is 26.7 Å². The van der Waals surface area contributed by atoms with Crippen molar-refractivity contribution in [1.82, 2.24) is 0 Å². The third-order valence-corrected chi connectivity index (χ3v) is 6.94. The summed E-state index contributed by atoms with van der Waals surface area (Å²) in [5.41, 5.74) is 1.72. The first-order valence-corrected chi connectivity index (χ1v) is 9.93. The zero-order chi connectivity index (χ0) is 17.2. The van der Waals surface area contributed by atoms with Crippen LogP contribution in [0.4, 0.5) is 0 Å². The van der Waals surface area contributed by atoms with Gasteiger partial charge in [-0.3, -0.25) is 4.79 Å². The summed E-state index contributed by atoms with van der Waals surface area (Å²) in [4.78, 5) is 12.9. The number of ether oxygens (including phenoxy) is 2. The second-order valence-electron chi connectivity index (χ2n) is 5.94. The smallest absolute Gasteiger partial charge is 0.166 e.